The van der Waals surface area contributed by atoms with Gasteiger partial charge in [0.05, 0.1) is 17.3 Å². The third-order valence-electron chi connectivity index (χ3n) is 3.77. The molecule has 0 bridgehead atoms. The third-order valence-corrected chi connectivity index (χ3v) is 4.50. The van der Waals surface area contributed by atoms with Crippen LogP contribution in [-0.4, -0.2) is 36.3 Å². The number of hydrogen-bond acceptors (Lipinski definition) is 8. The molecule has 0 unspecified atom stereocenters. The molecule has 4 aromatic rings. The van der Waals surface area contributed by atoms with E-state index in [2.05, 4.69) is 30.4 Å². The number of pyridine rings is 1. The quantitative estimate of drug-likeness (QED) is 0.566. The molecule has 0 atom stereocenters. The van der Waals surface area contributed by atoms with Crippen LogP contribution < -0.4 is 11.1 Å². The second-order valence-electron chi connectivity index (χ2n) is 5.49. The van der Waals surface area contributed by atoms with Crippen molar-refractivity contribution in [2.24, 2.45) is 7.05 Å². The number of aryl methyl sites for hydroxylation is 1. The van der Waals surface area contributed by atoms with Crippen molar-refractivity contribution < 1.29 is 0 Å². The van der Waals surface area contributed by atoms with Crippen LogP contribution in [0.2, 0.25) is 0 Å². The Balaban J connectivity index is 1.64. The van der Waals surface area contributed by atoms with E-state index in [9.17, 15) is 0 Å². The summed E-state index contributed by atoms with van der Waals surface area (Å²) in [6, 6.07) is 3.78. The fraction of sp³-hybridized carbons (Fsp3) is 0.188. The number of rotatable bonds is 5. The molecule has 9 heteroatoms. The maximum absolute atomic E-state index is 5.67. The van der Waals surface area contributed by atoms with Gasteiger partial charge in [-0.2, -0.15) is 5.10 Å². The van der Waals surface area contributed by atoms with Gasteiger partial charge in [0, 0.05) is 43.4 Å². The number of fused-ring (bicyclic) bond motifs is 1. The second kappa shape index (κ2) is 6.44. The van der Waals surface area contributed by atoms with E-state index in [1.165, 1.54) is 11.3 Å². The van der Waals surface area contributed by atoms with Crippen LogP contribution in [0.4, 0.5) is 10.9 Å². The third kappa shape index (κ3) is 3.13. The first-order chi connectivity index (χ1) is 12.2. The van der Waals surface area contributed by atoms with Crippen molar-refractivity contribution in [2.75, 3.05) is 17.6 Å². The molecule has 0 aliphatic carbocycles. The van der Waals surface area contributed by atoms with E-state index >= 15 is 0 Å². The number of nitrogens with zero attached hydrogens (tertiary/aromatic N) is 6. The number of aromatic nitrogens is 6. The highest BCUT2D eigenvalue weighted by atomic mass is 32.1. The van der Waals surface area contributed by atoms with E-state index in [1.807, 2.05) is 24.6 Å². The molecule has 4 rings (SSSR count). The molecule has 3 N–H and O–H groups in total. The van der Waals surface area contributed by atoms with Crippen molar-refractivity contribution in [2.45, 2.75) is 6.42 Å². The molecule has 0 fully saturated rings. The van der Waals surface area contributed by atoms with E-state index < -0.39 is 0 Å². The topological polar surface area (TPSA) is 107 Å². The zero-order valence-corrected chi connectivity index (χ0v) is 14.4. The van der Waals surface area contributed by atoms with Gasteiger partial charge >= 0.3 is 0 Å². The van der Waals surface area contributed by atoms with Crippen molar-refractivity contribution >= 4 is 33.3 Å². The SMILES string of the molecule is Cn1ncc2c(NCCc3csc(N)n3)nc(-c3ccncc3)nc21. The number of hydrogen-bond donors (Lipinski definition) is 2. The lowest BCUT2D eigenvalue weighted by Gasteiger charge is -2.08. The maximum atomic E-state index is 5.67. The second-order valence-corrected chi connectivity index (χ2v) is 6.38. The van der Waals surface area contributed by atoms with Crippen LogP contribution >= 0.6 is 11.3 Å². The smallest absolute Gasteiger partial charge is 0.180 e. The minimum atomic E-state index is 0.589. The standard InChI is InChI=1S/C16H16N8S/c1-24-15-12(8-20-24)14(19-7-4-11-9-25-16(17)21-11)22-13(23-15)10-2-5-18-6-3-10/h2-3,5-6,8-9H,4,7H2,1H3,(H2,17,21)(H,19,22,23). The minimum Gasteiger partial charge on any atom is -0.375 e. The Morgan fingerprint density at radius 3 is 2.80 bits per heavy atom. The van der Waals surface area contributed by atoms with Crippen LogP contribution in [0.3, 0.4) is 0 Å². The fourth-order valence-electron chi connectivity index (χ4n) is 2.53. The van der Waals surface area contributed by atoms with Gasteiger partial charge in [-0.25, -0.2) is 15.0 Å². The van der Waals surface area contributed by atoms with Crippen molar-refractivity contribution in [1.82, 2.24) is 29.7 Å². The highest BCUT2D eigenvalue weighted by Gasteiger charge is 2.12. The first-order valence-electron chi connectivity index (χ1n) is 7.74. The average Bonchev–Trinajstić information content (AvgIpc) is 3.22. The molecular weight excluding hydrogens is 336 g/mol. The van der Waals surface area contributed by atoms with Gasteiger partial charge in [-0.15, -0.1) is 11.3 Å². The van der Waals surface area contributed by atoms with Crippen LogP contribution in [0.25, 0.3) is 22.4 Å². The Bertz CT molecular complexity index is 1010. The number of thiazole rings is 1. The lowest BCUT2D eigenvalue weighted by Crippen LogP contribution is -2.08. The number of anilines is 2. The van der Waals surface area contributed by atoms with Crippen LogP contribution in [0.1, 0.15) is 5.69 Å². The lowest BCUT2D eigenvalue weighted by atomic mass is 10.2. The van der Waals surface area contributed by atoms with E-state index in [0.717, 1.165) is 34.5 Å². The molecular formula is C16H16N8S. The molecule has 0 radical (unpaired) electrons. The average molecular weight is 352 g/mol. The van der Waals surface area contributed by atoms with Crippen molar-refractivity contribution in [3.05, 3.63) is 41.8 Å². The predicted octanol–water partition coefficient (Wildman–Crippen LogP) is 2.12. The minimum absolute atomic E-state index is 0.589. The zero-order chi connectivity index (χ0) is 17.2. The summed E-state index contributed by atoms with van der Waals surface area (Å²) < 4.78 is 1.74. The van der Waals surface area contributed by atoms with E-state index in [0.29, 0.717) is 17.5 Å². The largest absolute Gasteiger partial charge is 0.375 e. The fourth-order valence-corrected chi connectivity index (χ4v) is 3.13. The molecule has 0 amide bonds. The summed E-state index contributed by atoms with van der Waals surface area (Å²) in [6.45, 7) is 0.694. The number of nitrogens with one attached hydrogen (secondary N) is 1. The first kappa shape index (κ1) is 15.5. The molecule has 0 saturated carbocycles. The molecule has 25 heavy (non-hydrogen) atoms. The van der Waals surface area contributed by atoms with Crippen molar-refractivity contribution in [1.29, 1.82) is 0 Å². The van der Waals surface area contributed by atoms with E-state index in [4.69, 9.17) is 5.73 Å². The summed E-state index contributed by atoms with van der Waals surface area (Å²) in [7, 11) is 1.87. The highest BCUT2D eigenvalue weighted by molar-refractivity contribution is 7.13. The molecule has 0 saturated heterocycles. The van der Waals surface area contributed by atoms with Crippen molar-refractivity contribution in [3.63, 3.8) is 0 Å². The van der Waals surface area contributed by atoms with Gasteiger partial charge < -0.3 is 11.1 Å². The van der Waals surface area contributed by atoms with Gasteiger partial charge in [-0.3, -0.25) is 9.67 Å². The Morgan fingerprint density at radius 1 is 1.20 bits per heavy atom. The summed E-state index contributed by atoms with van der Waals surface area (Å²) in [5.41, 5.74) is 8.34. The van der Waals surface area contributed by atoms with Crippen LogP contribution in [-0.2, 0) is 13.5 Å². The summed E-state index contributed by atoms with van der Waals surface area (Å²) in [5.74, 6) is 1.40. The Kier molecular flexibility index (Phi) is 3.98. The van der Waals surface area contributed by atoms with Gasteiger partial charge in [0.1, 0.15) is 5.82 Å². The van der Waals surface area contributed by atoms with Gasteiger partial charge in [-0.1, -0.05) is 0 Å². The van der Waals surface area contributed by atoms with Gasteiger partial charge in [0.25, 0.3) is 0 Å². The Hall–Kier alpha value is -3.07. The Labute approximate surface area is 147 Å². The molecule has 0 aromatic carbocycles. The van der Waals surface area contributed by atoms with E-state index in [-0.39, 0.29) is 0 Å². The van der Waals surface area contributed by atoms with E-state index in [1.54, 1.807) is 23.3 Å². The Morgan fingerprint density at radius 2 is 2.04 bits per heavy atom. The van der Waals surface area contributed by atoms with Gasteiger partial charge in [-0.05, 0) is 12.1 Å². The number of nitrogen functional groups attached to an aromatic ring is 1. The highest BCUT2D eigenvalue weighted by Crippen LogP contribution is 2.24. The predicted molar refractivity (Wildman–Crippen MR) is 98.3 cm³/mol. The molecule has 4 aromatic heterocycles. The van der Waals surface area contributed by atoms with Crippen molar-refractivity contribution in [3.8, 4) is 11.4 Å². The molecule has 8 nitrogen and oxygen atoms in total. The molecule has 126 valence electrons. The van der Waals surface area contributed by atoms with Crippen LogP contribution in [0.5, 0.6) is 0 Å². The molecule has 4 heterocycles. The maximum Gasteiger partial charge on any atom is 0.180 e. The first-order valence-corrected chi connectivity index (χ1v) is 8.62. The normalized spacial score (nSPS) is 11.1. The molecule has 0 aliphatic rings. The van der Waals surface area contributed by atoms with Gasteiger partial charge in [0.15, 0.2) is 16.6 Å². The molecule has 0 aliphatic heterocycles. The van der Waals surface area contributed by atoms with Crippen LogP contribution in [0, 0.1) is 0 Å². The lowest BCUT2D eigenvalue weighted by molar-refractivity contribution is 0.786. The summed E-state index contributed by atoms with van der Waals surface area (Å²) >= 11 is 1.45. The summed E-state index contributed by atoms with van der Waals surface area (Å²) in [6.07, 6.45) is 6.00. The zero-order valence-electron chi connectivity index (χ0n) is 13.5. The monoisotopic (exact) mass is 352 g/mol. The summed E-state index contributed by atoms with van der Waals surface area (Å²) in [5, 5.41) is 11.1. The van der Waals surface area contributed by atoms with Gasteiger partial charge in [0.2, 0.25) is 0 Å². The van der Waals surface area contributed by atoms with Crippen LogP contribution in [0.15, 0.2) is 36.1 Å². The summed E-state index contributed by atoms with van der Waals surface area (Å²) in [4.78, 5) is 17.6. The number of nitrogens with two attached hydrogens (primary N) is 1. The molecule has 0 spiro atoms.